The maximum absolute atomic E-state index is 11.8. The Bertz CT molecular complexity index is 458. The number of nitrogens with two attached hydrogens (primary N) is 1. The monoisotopic (exact) mass is 298 g/mol. The minimum absolute atomic E-state index is 0. The van der Waals surface area contributed by atoms with Gasteiger partial charge in [-0.05, 0) is 30.7 Å². The van der Waals surface area contributed by atoms with Crippen LogP contribution in [0.2, 0.25) is 0 Å². The summed E-state index contributed by atoms with van der Waals surface area (Å²) in [5.41, 5.74) is 6.64. The van der Waals surface area contributed by atoms with Crippen LogP contribution in [0.5, 0.6) is 0 Å². The van der Waals surface area contributed by atoms with Crippen molar-refractivity contribution in [2.45, 2.75) is 13.0 Å². The van der Waals surface area contributed by atoms with E-state index in [4.69, 9.17) is 5.73 Å². The van der Waals surface area contributed by atoms with Crippen LogP contribution in [-0.4, -0.2) is 25.0 Å². The van der Waals surface area contributed by atoms with E-state index in [1.165, 1.54) is 0 Å². The van der Waals surface area contributed by atoms with Crippen molar-refractivity contribution in [2.24, 2.45) is 11.7 Å². The molecule has 1 aromatic carbocycles. The van der Waals surface area contributed by atoms with Crippen molar-refractivity contribution < 1.29 is 9.59 Å². The first-order valence-corrected chi connectivity index (χ1v) is 6.29. The van der Waals surface area contributed by atoms with E-state index in [0.29, 0.717) is 12.2 Å². The van der Waals surface area contributed by atoms with Crippen LogP contribution in [0.1, 0.15) is 12.0 Å². The lowest BCUT2D eigenvalue weighted by Gasteiger charge is -2.10. The molecule has 1 heterocycles. The average Bonchev–Trinajstić information content (AvgIpc) is 2.91. The van der Waals surface area contributed by atoms with Crippen LogP contribution >= 0.6 is 12.4 Å². The lowest BCUT2D eigenvalue weighted by atomic mass is 10.1. The molecule has 1 aliphatic rings. The van der Waals surface area contributed by atoms with Crippen molar-refractivity contribution in [1.82, 2.24) is 10.6 Å². The first kappa shape index (κ1) is 16.3. The summed E-state index contributed by atoms with van der Waals surface area (Å²) in [6.45, 7) is 2.16. The first-order chi connectivity index (χ1) is 9.15. The van der Waals surface area contributed by atoms with Gasteiger partial charge in [-0.2, -0.15) is 0 Å². The molecule has 0 aliphatic carbocycles. The number of rotatable bonds is 4. The van der Waals surface area contributed by atoms with Gasteiger partial charge in [-0.1, -0.05) is 12.1 Å². The number of carbonyl (C=O) groups excluding carboxylic acids is 2. The topological polar surface area (TPSA) is 96.2 Å². The van der Waals surface area contributed by atoms with E-state index in [0.717, 1.165) is 25.1 Å². The Morgan fingerprint density at radius 3 is 2.55 bits per heavy atom. The van der Waals surface area contributed by atoms with Crippen LogP contribution in [0.25, 0.3) is 0 Å². The summed E-state index contributed by atoms with van der Waals surface area (Å²) in [5, 5.41) is 8.56. The fraction of sp³-hybridized carbons (Fsp3) is 0.385. The molecule has 1 fully saturated rings. The summed E-state index contributed by atoms with van der Waals surface area (Å²) in [6, 6.07) is 6.61. The molecule has 0 saturated carbocycles. The van der Waals surface area contributed by atoms with E-state index in [1.54, 1.807) is 12.1 Å². The second kappa shape index (κ2) is 7.72. The Balaban J connectivity index is 0.00000200. The second-order valence-electron chi connectivity index (χ2n) is 4.59. The lowest BCUT2D eigenvalue weighted by Crippen LogP contribution is -2.31. The van der Waals surface area contributed by atoms with Gasteiger partial charge in [0.25, 0.3) is 0 Å². The Hall–Kier alpha value is -1.79. The molecule has 5 N–H and O–H groups in total. The summed E-state index contributed by atoms with van der Waals surface area (Å²) < 4.78 is 0. The Morgan fingerprint density at radius 2 is 2.00 bits per heavy atom. The zero-order valence-electron chi connectivity index (χ0n) is 11.0. The largest absolute Gasteiger partial charge is 0.352 e. The number of benzene rings is 1. The van der Waals surface area contributed by atoms with E-state index in [1.807, 2.05) is 12.1 Å². The normalized spacial score (nSPS) is 17.1. The molecule has 0 bridgehead atoms. The summed E-state index contributed by atoms with van der Waals surface area (Å²) >= 11 is 0. The van der Waals surface area contributed by atoms with Gasteiger partial charge in [0, 0.05) is 18.8 Å². The Morgan fingerprint density at radius 1 is 1.30 bits per heavy atom. The van der Waals surface area contributed by atoms with Gasteiger partial charge in [0.05, 0.1) is 5.92 Å². The summed E-state index contributed by atoms with van der Waals surface area (Å²) in [7, 11) is 0. The summed E-state index contributed by atoms with van der Waals surface area (Å²) in [6.07, 6.45) is 0.896. The quantitative estimate of drug-likeness (QED) is 0.663. The van der Waals surface area contributed by atoms with Gasteiger partial charge in [-0.15, -0.1) is 12.4 Å². The number of anilines is 1. The van der Waals surface area contributed by atoms with Crippen LogP contribution in [0.4, 0.5) is 10.5 Å². The second-order valence-corrected chi connectivity index (χ2v) is 4.59. The van der Waals surface area contributed by atoms with Crippen molar-refractivity contribution in [3.63, 3.8) is 0 Å². The van der Waals surface area contributed by atoms with Gasteiger partial charge in [0.15, 0.2) is 0 Å². The molecule has 1 unspecified atom stereocenters. The predicted molar refractivity (Wildman–Crippen MR) is 79.7 cm³/mol. The molecule has 0 aromatic heterocycles. The molecule has 2 rings (SSSR count). The van der Waals surface area contributed by atoms with Crippen LogP contribution in [0.15, 0.2) is 24.3 Å². The molecule has 1 aliphatic heterocycles. The van der Waals surface area contributed by atoms with Gasteiger partial charge in [0.2, 0.25) is 5.91 Å². The third-order valence-corrected chi connectivity index (χ3v) is 3.12. The zero-order valence-corrected chi connectivity index (χ0v) is 11.8. The summed E-state index contributed by atoms with van der Waals surface area (Å²) in [4.78, 5) is 22.5. The molecular weight excluding hydrogens is 280 g/mol. The molecule has 6 nitrogen and oxygen atoms in total. The minimum Gasteiger partial charge on any atom is -0.352 e. The van der Waals surface area contributed by atoms with Crippen molar-refractivity contribution in [3.05, 3.63) is 29.8 Å². The van der Waals surface area contributed by atoms with E-state index >= 15 is 0 Å². The Labute approximate surface area is 123 Å². The number of primary amides is 1. The molecular formula is C13H19ClN4O2. The van der Waals surface area contributed by atoms with E-state index < -0.39 is 6.03 Å². The van der Waals surface area contributed by atoms with Crippen molar-refractivity contribution in [2.75, 3.05) is 18.4 Å². The van der Waals surface area contributed by atoms with E-state index in [2.05, 4.69) is 16.0 Å². The molecule has 0 spiro atoms. The molecule has 1 aromatic rings. The maximum Gasteiger partial charge on any atom is 0.316 e. The minimum atomic E-state index is -0.588. The number of nitrogens with one attached hydrogen (secondary N) is 3. The van der Waals surface area contributed by atoms with Crippen LogP contribution < -0.4 is 21.7 Å². The molecule has 3 amide bonds. The number of halogens is 1. The van der Waals surface area contributed by atoms with E-state index in [-0.39, 0.29) is 24.2 Å². The average molecular weight is 299 g/mol. The third kappa shape index (κ3) is 4.71. The van der Waals surface area contributed by atoms with Gasteiger partial charge < -0.3 is 21.7 Å². The van der Waals surface area contributed by atoms with Gasteiger partial charge in [0.1, 0.15) is 0 Å². The molecule has 0 radical (unpaired) electrons. The van der Waals surface area contributed by atoms with Crippen LogP contribution in [0, 0.1) is 5.92 Å². The van der Waals surface area contributed by atoms with Crippen molar-refractivity contribution >= 4 is 30.0 Å². The molecule has 20 heavy (non-hydrogen) atoms. The zero-order chi connectivity index (χ0) is 13.7. The fourth-order valence-electron chi connectivity index (χ4n) is 2.06. The Kier molecular flexibility index (Phi) is 6.27. The smallest absolute Gasteiger partial charge is 0.316 e. The van der Waals surface area contributed by atoms with Gasteiger partial charge >= 0.3 is 6.03 Å². The first-order valence-electron chi connectivity index (χ1n) is 6.29. The highest BCUT2D eigenvalue weighted by Gasteiger charge is 2.21. The van der Waals surface area contributed by atoms with Gasteiger partial charge in [-0.25, -0.2) is 4.79 Å². The van der Waals surface area contributed by atoms with Gasteiger partial charge in [-0.3, -0.25) is 4.79 Å². The van der Waals surface area contributed by atoms with Crippen molar-refractivity contribution in [3.8, 4) is 0 Å². The predicted octanol–water partition coefficient (Wildman–Crippen LogP) is 0.825. The number of amides is 3. The molecule has 1 atom stereocenters. The molecule has 110 valence electrons. The number of hydrogen-bond donors (Lipinski definition) is 4. The van der Waals surface area contributed by atoms with Crippen LogP contribution in [0.3, 0.4) is 0 Å². The number of carbonyl (C=O) groups is 2. The lowest BCUT2D eigenvalue weighted by molar-refractivity contribution is -0.124. The van der Waals surface area contributed by atoms with Crippen LogP contribution in [-0.2, 0) is 11.3 Å². The SMILES string of the molecule is Cl.NC(=O)Nc1ccc(CNC(=O)C2CCNC2)cc1. The highest BCUT2D eigenvalue weighted by atomic mass is 35.5. The molecule has 7 heteroatoms. The standard InChI is InChI=1S/C13H18N4O2.ClH/c14-13(19)17-11-3-1-9(2-4-11)7-16-12(18)10-5-6-15-8-10;/h1-4,10,15H,5-8H2,(H,16,18)(H3,14,17,19);1H. The maximum atomic E-state index is 11.8. The third-order valence-electron chi connectivity index (χ3n) is 3.12. The highest BCUT2D eigenvalue weighted by Crippen LogP contribution is 2.10. The highest BCUT2D eigenvalue weighted by molar-refractivity contribution is 5.87. The van der Waals surface area contributed by atoms with E-state index in [9.17, 15) is 9.59 Å². The molecule has 1 saturated heterocycles. The summed E-state index contributed by atoms with van der Waals surface area (Å²) in [5.74, 6) is 0.167. The van der Waals surface area contributed by atoms with Crippen molar-refractivity contribution in [1.29, 1.82) is 0 Å². The number of hydrogen-bond acceptors (Lipinski definition) is 3. The number of urea groups is 1. The fourth-order valence-corrected chi connectivity index (χ4v) is 2.06.